The predicted molar refractivity (Wildman–Crippen MR) is 125 cm³/mol. The number of benzene rings is 2. The van der Waals surface area contributed by atoms with Crippen LogP contribution in [0.25, 0.3) is 0 Å². The minimum atomic E-state index is -0.488. The molecule has 3 aromatic rings. The summed E-state index contributed by atoms with van der Waals surface area (Å²) in [6.45, 7) is 10.4. The minimum Gasteiger partial charge on any atom is -0.410 e. The van der Waals surface area contributed by atoms with Crippen molar-refractivity contribution in [2.45, 2.75) is 45.6 Å². The normalized spacial score (nSPS) is 14.4. The number of pyridine rings is 1. The second kappa shape index (κ2) is 8.42. The van der Waals surface area contributed by atoms with Gasteiger partial charge in [0.2, 0.25) is 0 Å². The molecule has 0 aliphatic carbocycles. The lowest BCUT2D eigenvalue weighted by molar-refractivity contribution is 0.215. The van der Waals surface area contributed by atoms with Crippen molar-refractivity contribution in [1.29, 1.82) is 0 Å². The van der Waals surface area contributed by atoms with Crippen molar-refractivity contribution in [2.75, 3.05) is 16.8 Å². The Balaban J connectivity index is 1.46. The minimum absolute atomic E-state index is 0.0490. The molecule has 0 saturated carbocycles. The summed E-state index contributed by atoms with van der Waals surface area (Å²) in [5, 5.41) is 2.81. The van der Waals surface area contributed by atoms with E-state index in [1.54, 1.807) is 0 Å². The van der Waals surface area contributed by atoms with Gasteiger partial charge in [-0.3, -0.25) is 10.3 Å². The van der Waals surface area contributed by atoms with Gasteiger partial charge in [0.1, 0.15) is 5.75 Å². The Bertz CT molecular complexity index is 1060. The molecule has 1 N–H and O–H groups in total. The summed E-state index contributed by atoms with van der Waals surface area (Å²) >= 11 is 0. The number of nitrogens with one attached hydrogen (secondary N) is 1. The SMILES string of the molecule is CC(C)c1ccc(NC(=O)Oc2ccc3c(c2)C(C)(C)CN3Cc2ccccn2)cc1. The van der Waals surface area contributed by atoms with Gasteiger partial charge >= 0.3 is 6.09 Å². The van der Waals surface area contributed by atoms with Crippen LogP contribution >= 0.6 is 0 Å². The van der Waals surface area contributed by atoms with Gasteiger partial charge in [0, 0.05) is 29.5 Å². The molecule has 0 spiro atoms. The Morgan fingerprint density at radius 1 is 1.13 bits per heavy atom. The molecule has 0 radical (unpaired) electrons. The smallest absolute Gasteiger partial charge is 0.410 e. The van der Waals surface area contributed by atoms with E-state index in [0.29, 0.717) is 11.7 Å². The van der Waals surface area contributed by atoms with Crippen molar-refractivity contribution in [3.05, 3.63) is 83.7 Å². The Morgan fingerprint density at radius 2 is 1.90 bits per heavy atom. The average molecular weight is 416 g/mol. The van der Waals surface area contributed by atoms with E-state index >= 15 is 0 Å². The number of fused-ring (bicyclic) bond motifs is 1. The van der Waals surface area contributed by atoms with Crippen LogP contribution in [0.15, 0.2) is 66.9 Å². The number of hydrogen-bond acceptors (Lipinski definition) is 4. The van der Waals surface area contributed by atoms with Gasteiger partial charge in [-0.2, -0.15) is 0 Å². The van der Waals surface area contributed by atoms with Crippen molar-refractivity contribution in [2.24, 2.45) is 0 Å². The van der Waals surface area contributed by atoms with E-state index < -0.39 is 6.09 Å². The quantitative estimate of drug-likeness (QED) is 0.546. The molecule has 160 valence electrons. The molecule has 2 aromatic carbocycles. The zero-order chi connectivity index (χ0) is 22.0. The molecular weight excluding hydrogens is 386 g/mol. The fraction of sp³-hybridized carbons (Fsp3) is 0.308. The molecule has 1 aromatic heterocycles. The first-order valence-electron chi connectivity index (χ1n) is 10.7. The Morgan fingerprint density at radius 3 is 2.58 bits per heavy atom. The van der Waals surface area contributed by atoms with Crippen LogP contribution in [0.4, 0.5) is 16.2 Å². The van der Waals surface area contributed by atoms with E-state index in [2.05, 4.69) is 42.9 Å². The molecule has 4 rings (SSSR count). The predicted octanol–water partition coefficient (Wildman–Crippen LogP) is 6.11. The van der Waals surface area contributed by atoms with Crippen LogP contribution in [-0.2, 0) is 12.0 Å². The maximum Gasteiger partial charge on any atom is 0.417 e. The number of amides is 1. The summed E-state index contributed by atoms with van der Waals surface area (Å²) < 4.78 is 5.59. The van der Waals surface area contributed by atoms with Gasteiger partial charge < -0.3 is 9.64 Å². The molecule has 0 bridgehead atoms. The van der Waals surface area contributed by atoms with Crippen molar-refractivity contribution >= 4 is 17.5 Å². The highest BCUT2D eigenvalue weighted by atomic mass is 16.6. The summed E-state index contributed by atoms with van der Waals surface area (Å²) in [5.41, 5.74) is 5.27. The van der Waals surface area contributed by atoms with E-state index in [-0.39, 0.29) is 5.41 Å². The van der Waals surface area contributed by atoms with E-state index in [4.69, 9.17) is 4.74 Å². The molecule has 0 atom stereocenters. The number of nitrogens with zero attached hydrogens (tertiary/aromatic N) is 2. The van der Waals surface area contributed by atoms with Gasteiger partial charge in [0.15, 0.2) is 0 Å². The zero-order valence-electron chi connectivity index (χ0n) is 18.6. The third-order valence-corrected chi connectivity index (χ3v) is 5.74. The molecule has 5 nitrogen and oxygen atoms in total. The standard InChI is InChI=1S/C26H29N3O2/c1-18(2)19-8-10-20(11-9-19)28-25(30)31-22-12-13-24-23(15-22)26(3,4)17-29(24)16-21-7-5-6-14-27-21/h5-15,18H,16-17H2,1-4H3,(H,28,30). The second-order valence-electron chi connectivity index (χ2n) is 9.03. The Kier molecular flexibility index (Phi) is 5.68. The number of carbonyl (C=O) groups excluding carboxylic acids is 1. The lowest BCUT2D eigenvalue weighted by Gasteiger charge is -2.22. The molecular formula is C26H29N3O2. The molecule has 0 saturated heterocycles. The Hall–Kier alpha value is -3.34. The van der Waals surface area contributed by atoms with Crippen molar-refractivity contribution in [3.8, 4) is 5.75 Å². The number of rotatable bonds is 5. The third-order valence-electron chi connectivity index (χ3n) is 5.74. The van der Waals surface area contributed by atoms with Crippen LogP contribution in [0.5, 0.6) is 5.75 Å². The third kappa shape index (κ3) is 4.71. The van der Waals surface area contributed by atoms with E-state index in [0.717, 1.165) is 30.2 Å². The van der Waals surface area contributed by atoms with E-state index in [1.807, 2.05) is 66.9 Å². The summed E-state index contributed by atoms with van der Waals surface area (Å²) in [6, 6.07) is 19.7. The number of hydrogen-bond donors (Lipinski definition) is 1. The molecule has 5 heteroatoms. The lowest BCUT2D eigenvalue weighted by atomic mass is 9.87. The highest BCUT2D eigenvalue weighted by Gasteiger charge is 2.35. The first kappa shape index (κ1) is 20.9. The topological polar surface area (TPSA) is 54.5 Å². The maximum absolute atomic E-state index is 12.4. The molecule has 31 heavy (non-hydrogen) atoms. The monoisotopic (exact) mass is 415 g/mol. The molecule has 0 unspecified atom stereocenters. The summed E-state index contributed by atoms with van der Waals surface area (Å²) in [5.74, 6) is 0.996. The van der Waals surface area contributed by atoms with Gasteiger partial charge in [-0.25, -0.2) is 4.79 Å². The summed E-state index contributed by atoms with van der Waals surface area (Å²) in [6.07, 6.45) is 1.34. The van der Waals surface area contributed by atoms with Crippen LogP contribution in [0.1, 0.15) is 50.4 Å². The first-order chi connectivity index (χ1) is 14.8. The van der Waals surface area contributed by atoms with E-state index in [9.17, 15) is 4.79 Å². The van der Waals surface area contributed by atoms with Gasteiger partial charge in [-0.05, 0) is 59.5 Å². The average Bonchev–Trinajstić information content (AvgIpc) is 2.98. The number of carbonyl (C=O) groups is 1. The lowest BCUT2D eigenvalue weighted by Crippen LogP contribution is -2.28. The van der Waals surface area contributed by atoms with Gasteiger partial charge in [-0.1, -0.05) is 45.9 Å². The van der Waals surface area contributed by atoms with Crippen LogP contribution in [0, 0.1) is 0 Å². The van der Waals surface area contributed by atoms with Crippen LogP contribution < -0.4 is 15.0 Å². The highest BCUT2D eigenvalue weighted by Crippen LogP contribution is 2.42. The van der Waals surface area contributed by atoms with Crippen molar-refractivity contribution < 1.29 is 9.53 Å². The number of anilines is 2. The van der Waals surface area contributed by atoms with Gasteiger partial charge in [0.25, 0.3) is 0 Å². The molecule has 1 aliphatic rings. The summed E-state index contributed by atoms with van der Waals surface area (Å²) in [7, 11) is 0. The summed E-state index contributed by atoms with van der Waals surface area (Å²) in [4.78, 5) is 19.2. The Labute approximate surface area is 184 Å². The maximum atomic E-state index is 12.4. The fourth-order valence-corrected chi connectivity index (χ4v) is 4.07. The molecule has 0 fully saturated rings. The van der Waals surface area contributed by atoms with E-state index in [1.165, 1.54) is 11.1 Å². The zero-order valence-corrected chi connectivity index (χ0v) is 18.6. The van der Waals surface area contributed by atoms with Crippen LogP contribution in [-0.4, -0.2) is 17.6 Å². The van der Waals surface area contributed by atoms with Crippen LogP contribution in [0.2, 0.25) is 0 Å². The van der Waals surface area contributed by atoms with Gasteiger partial charge in [-0.15, -0.1) is 0 Å². The molecule has 1 amide bonds. The van der Waals surface area contributed by atoms with Crippen molar-refractivity contribution in [3.63, 3.8) is 0 Å². The molecule has 2 heterocycles. The fourth-order valence-electron chi connectivity index (χ4n) is 4.07. The first-order valence-corrected chi connectivity index (χ1v) is 10.7. The van der Waals surface area contributed by atoms with Gasteiger partial charge in [0.05, 0.1) is 12.2 Å². The molecule has 1 aliphatic heterocycles. The van der Waals surface area contributed by atoms with Crippen molar-refractivity contribution in [1.82, 2.24) is 4.98 Å². The number of ether oxygens (including phenoxy) is 1. The second-order valence-corrected chi connectivity index (χ2v) is 9.03. The number of aromatic nitrogens is 1. The highest BCUT2D eigenvalue weighted by molar-refractivity contribution is 5.86. The van der Waals surface area contributed by atoms with Crippen LogP contribution in [0.3, 0.4) is 0 Å². The largest absolute Gasteiger partial charge is 0.417 e.